The van der Waals surface area contributed by atoms with Crippen LogP contribution < -0.4 is 10.2 Å². The van der Waals surface area contributed by atoms with Crippen molar-refractivity contribution < 1.29 is 9.53 Å². The lowest BCUT2D eigenvalue weighted by Crippen LogP contribution is -2.19. The van der Waals surface area contributed by atoms with Crippen LogP contribution in [-0.4, -0.2) is 28.7 Å². The highest BCUT2D eigenvalue weighted by molar-refractivity contribution is 9.10. The minimum absolute atomic E-state index is 0.203. The Labute approximate surface area is 130 Å². The van der Waals surface area contributed by atoms with Gasteiger partial charge in [0.05, 0.1) is 19.0 Å². The first-order chi connectivity index (χ1) is 10.2. The van der Waals surface area contributed by atoms with E-state index in [0.29, 0.717) is 12.4 Å². The standard InChI is InChI=1S/C14H13BrN4O2/c1-2-21-13-4-3-11(15)7-10(13)8-18-19-14(20)12-9-16-5-6-17-12/h3-9H,2H2,1H3,(H,19,20). The zero-order valence-electron chi connectivity index (χ0n) is 11.3. The van der Waals surface area contributed by atoms with Crippen LogP contribution in [0, 0.1) is 0 Å². The number of amides is 1. The summed E-state index contributed by atoms with van der Waals surface area (Å²) in [5, 5.41) is 3.91. The molecule has 0 fully saturated rings. The SMILES string of the molecule is CCOc1ccc(Br)cc1C=NNC(=O)c1cnccn1. The molecule has 1 N–H and O–H groups in total. The van der Waals surface area contributed by atoms with E-state index in [1.54, 1.807) is 0 Å². The smallest absolute Gasteiger partial charge is 0.291 e. The largest absolute Gasteiger partial charge is 0.493 e. The highest BCUT2D eigenvalue weighted by Crippen LogP contribution is 2.21. The van der Waals surface area contributed by atoms with E-state index in [1.807, 2.05) is 25.1 Å². The predicted octanol–water partition coefficient (Wildman–Crippen LogP) is 2.40. The van der Waals surface area contributed by atoms with Gasteiger partial charge in [-0.1, -0.05) is 15.9 Å². The number of nitrogens with one attached hydrogen (secondary N) is 1. The molecular weight excluding hydrogens is 336 g/mol. The minimum Gasteiger partial charge on any atom is -0.493 e. The third-order valence-electron chi connectivity index (χ3n) is 2.44. The van der Waals surface area contributed by atoms with Gasteiger partial charge in [0.1, 0.15) is 11.4 Å². The van der Waals surface area contributed by atoms with E-state index in [9.17, 15) is 4.79 Å². The molecule has 0 aliphatic heterocycles. The first-order valence-electron chi connectivity index (χ1n) is 6.22. The number of carbonyl (C=O) groups excluding carboxylic acids is 1. The average molecular weight is 349 g/mol. The van der Waals surface area contributed by atoms with Crippen molar-refractivity contribution in [1.82, 2.24) is 15.4 Å². The molecule has 2 aromatic rings. The first kappa shape index (κ1) is 15.1. The molecule has 2 rings (SSSR count). The Hall–Kier alpha value is -2.28. The van der Waals surface area contributed by atoms with Crippen LogP contribution in [0.4, 0.5) is 0 Å². The minimum atomic E-state index is -0.424. The molecule has 7 heteroatoms. The molecule has 1 amide bonds. The van der Waals surface area contributed by atoms with E-state index in [-0.39, 0.29) is 5.69 Å². The lowest BCUT2D eigenvalue weighted by molar-refractivity contribution is 0.0949. The Morgan fingerprint density at radius 1 is 1.48 bits per heavy atom. The number of rotatable bonds is 5. The van der Waals surface area contributed by atoms with Gasteiger partial charge in [0, 0.05) is 22.4 Å². The van der Waals surface area contributed by atoms with Crippen LogP contribution in [0.25, 0.3) is 0 Å². The van der Waals surface area contributed by atoms with Crippen LogP contribution in [0.2, 0.25) is 0 Å². The molecule has 1 aromatic heterocycles. The van der Waals surface area contributed by atoms with Crippen molar-refractivity contribution in [3.63, 3.8) is 0 Å². The van der Waals surface area contributed by atoms with E-state index in [2.05, 4.69) is 36.4 Å². The number of nitrogens with zero attached hydrogens (tertiary/aromatic N) is 3. The molecule has 1 aromatic carbocycles. The number of halogens is 1. The number of aromatic nitrogens is 2. The van der Waals surface area contributed by atoms with Crippen molar-refractivity contribution in [2.45, 2.75) is 6.92 Å². The van der Waals surface area contributed by atoms with Gasteiger partial charge in [-0.2, -0.15) is 5.10 Å². The molecule has 0 aliphatic rings. The summed E-state index contributed by atoms with van der Waals surface area (Å²) >= 11 is 3.38. The molecule has 0 bridgehead atoms. The van der Waals surface area contributed by atoms with Crippen molar-refractivity contribution >= 4 is 28.1 Å². The van der Waals surface area contributed by atoms with Crippen molar-refractivity contribution in [2.24, 2.45) is 5.10 Å². The summed E-state index contributed by atoms with van der Waals surface area (Å²) in [5.41, 5.74) is 3.35. The van der Waals surface area contributed by atoms with Gasteiger partial charge in [-0.05, 0) is 25.1 Å². The summed E-state index contributed by atoms with van der Waals surface area (Å²) in [6, 6.07) is 5.56. The van der Waals surface area contributed by atoms with Crippen LogP contribution in [0.3, 0.4) is 0 Å². The summed E-state index contributed by atoms with van der Waals surface area (Å²) in [7, 11) is 0. The lowest BCUT2D eigenvalue weighted by atomic mass is 10.2. The van der Waals surface area contributed by atoms with Gasteiger partial charge in [-0.3, -0.25) is 9.78 Å². The van der Waals surface area contributed by atoms with Gasteiger partial charge >= 0.3 is 0 Å². The topological polar surface area (TPSA) is 76.5 Å². The average Bonchev–Trinajstić information content (AvgIpc) is 2.51. The number of hydrogen-bond donors (Lipinski definition) is 1. The Bertz CT molecular complexity index is 647. The molecule has 0 radical (unpaired) electrons. The highest BCUT2D eigenvalue weighted by Gasteiger charge is 2.05. The molecule has 0 saturated heterocycles. The fourth-order valence-electron chi connectivity index (χ4n) is 1.54. The Balaban J connectivity index is 2.07. The maximum atomic E-state index is 11.7. The van der Waals surface area contributed by atoms with E-state index >= 15 is 0 Å². The number of hydrogen-bond acceptors (Lipinski definition) is 5. The number of carbonyl (C=O) groups is 1. The third kappa shape index (κ3) is 4.35. The molecule has 1 heterocycles. The molecule has 108 valence electrons. The molecular formula is C14H13BrN4O2. The van der Waals surface area contributed by atoms with E-state index < -0.39 is 5.91 Å². The Morgan fingerprint density at radius 3 is 3.05 bits per heavy atom. The summed E-state index contributed by atoms with van der Waals surface area (Å²) < 4.78 is 6.38. The lowest BCUT2D eigenvalue weighted by Gasteiger charge is -2.07. The third-order valence-corrected chi connectivity index (χ3v) is 2.93. The number of hydrazone groups is 1. The zero-order valence-corrected chi connectivity index (χ0v) is 12.9. The highest BCUT2D eigenvalue weighted by atomic mass is 79.9. The summed E-state index contributed by atoms with van der Waals surface area (Å²) in [4.78, 5) is 19.5. The number of benzene rings is 1. The van der Waals surface area contributed by atoms with Crippen molar-refractivity contribution in [1.29, 1.82) is 0 Å². The van der Waals surface area contributed by atoms with Gasteiger partial charge < -0.3 is 4.74 Å². The van der Waals surface area contributed by atoms with E-state index in [0.717, 1.165) is 10.0 Å². The monoisotopic (exact) mass is 348 g/mol. The fraction of sp³-hybridized carbons (Fsp3) is 0.143. The maximum absolute atomic E-state index is 11.7. The normalized spacial score (nSPS) is 10.6. The second-order valence-corrected chi connectivity index (χ2v) is 4.82. The summed E-state index contributed by atoms with van der Waals surface area (Å²) in [6.07, 6.45) is 5.83. The molecule has 0 unspecified atom stereocenters. The molecule has 0 atom stereocenters. The molecule has 0 aliphatic carbocycles. The molecule has 6 nitrogen and oxygen atoms in total. The second-order valence-electron chi connectivity index (χ2n) is 3.90. The van der Waals surface area contributed by atoms with E-state index in [1.165, 1.54) is 24.8 Å². The Kier molecular flexibility index (Phi) is 5.39. The van der Waals surface area contributed by atoms with Crippen molar-refractivity contribution in [2.75, 3.05) is 6.61 Å². The predicted molar refractivity (Wildman–Crippen MR) is 82.4 cm³/mol. The Morgan fingerprint density at radius 2 is 2.33 bits per heavy atom. The maximum Gasteiger partial charge on any atom is 0.291 e. The zero-order chi connectivity index (χ0) is 15.1. The first-order valence-corrected chi connectivity index (χ1v) is 7.01. The van der Waals surface area contributed by atoms with Crippen molar-refractivity contribution in [3.05, 3.63) is 52.5 Å². The van der Waals surface area contributed by atoms with Gasteiger partial charge in [0.2, 0.25) is 0 Å². The van der Waals surface area contributed by atoms with Crippen molar-refractivity contribution in [3.8, 4) is 5.75 Å². The van der Waals surface area contributed by atoms with Gasteiger partial charge in [-0.15, -0.1) is 0 Å². The van der Waals surface area contributed by atoms with Crippen LogP contribution >= 0.6 is 15.9 Å². The van der Waals surface area contributed by atoms with Gasteiger partial charge in [0.25, 0.3) is 5.91 Å². The summed E-state index contributed by atoms with van der Waals surface area (Å²) in [5.74, 6) is 0.269. The fourth-order valence-corrected chi connectivity index (χ4v) is 1.92. The van der Waals surface area contributed by atoms with Crippen LogP contribution in [0.5, 0.6) is 5.75 Å². The molecule has 21 heavy (non-hydrogen) atoms. The van der Waals surface area contributed by atoms with Crippen LogP contribution in [-0.2, 0) is 0 Å². The summed E-state index contributed by atoms with van der Waals surface area (Å²) in [6.45, 7) is 2.45. The van der Waals surface area contributed by atoms with E-state index in [4.69, 9.17) is 4.74 Å². The van der Waals surface area contributed by atoms with Crippen LogP contribution in [0.1, 0.15) is 23.0 Å². The van der Waals surface area contributed by atoms with Gasteiger partial charge in [-0.25, -0.2) is 10.4 Å². The molecule has 0 spiro atoms. The molecule has 0 saturated carbocycles. The second kappa shape index (κ2) is 7.49. The quantitative estimate of drug-likeness (QED) is 0.664. The van der Waals surface area contributed by atoms with Gasteiger partial charge in [0.15, 0.2) is 0 Å². The number of ether oxygens (including phenoxy) is 1. The van der Waals surface area contributed by atoms with Crippen LogP contribution in [0.15, 0.2) is 46.4 Å².